The van der Waals surface area contributed by atoms with Crippen molar-refractivity contribution < 1.29 is 9.63 Å². The number of rotatable bonds is 4. The van der Waals surface area contributed by atoms with Gasteiger partial charge in [0.05, 0.1) is 12.6 Å². The van der Waals surface area contributed by atoms with E-state index in [1.54, 1.807) is 6.92 Å². The van der Waals surface area contributed by atoms with Crippen LogP contribution in [0.25, 0.3) is 0 Å². The SMILES string of the molecule is Cc1nc(CNCC2CCC(O)C2)no1. The lowest BCUT2D eigenvalue weighted by Gasteiger charge is -2.08. The van der Waals surface area contributed by atoms with Gasteiger partial charge in [-0.3, -0.25) is 0 Å². The largest absolute Gasteiger partial charge is 0.393 e. The van der Waals surface area contributed by atoms with Crippen LogP contribution in [0.3, 0.4) is 0 Å². The highest BCUT2D eigenvalue weighted by atomic mass is 16.5. The lowest BCUT2D eigenvalue weighted by Crippen LogP contribution is -2.21. The monoisotopic (exact) mass is 211 g/mol. The molecule has 1 heterocycles. The first kappa shape index (κ1) is 10.6. The van der Waals surface area contributed by atoms with Crippen LogP contribution in [-0.4, -0.2) is 27.9 Å². The Morgan fingerprint density at radius 1 is 1.53 bits per heavy atom. The minimum atomic E-state index is -0.0933. The third-order valence-electron chi connectivity index (χ3n) is 2.80. The van der Waals surface area contributed by atoms with Crippen LogP contribution in [0.2, 0.25) is 0 Å². The molecule has 5 heteroatoms. The van der Waals surface area contributed by atoms with Gasteiger partial charge in [-0.25, -0.2) is 0 Å². The molecule has 1 fully saturated rings. The van der Waals surface area contributed by atoms with E-state index in [0.29, 0.717) is 24.2 Å². The Bertz CT molecular complexity index is 313. The lowest BCUT2D eigenvalue weighted by atomic mass is 10.1. The molecule has 0 spiro atoms. The Kier molecular flexibility index (Phi) is 3.33. The minimum Gasteiger partial charge on any atom is -0.393 e. The van der Waals surface area contributed by atoms with E-state index in [9.17, 15) is 5.11 Å². The summed E-state index contributed by atoms with van der Waals surface area (Å²) in [5.41, 5.74) is 0. The predicted molar refractivity (Wildman–Crippen MR) is 54.1 cm³/mol. The van der Waals surface area contributed by atoms with Crippen LogP contribution >= 0.6 is 0 Å². The van der Waals surface area contributed by atoms with Gasteiger partial charge in [-0.1, -0.05) is 5.16 Å². The van der Waals surface area contributed by atoms with Gasteiger partial charge in [-0.15, -0.1) is 0 Å². The summed E-state index contributed by atoms with van der Waals surface area (Å²) in [6.07, 6.45) is 2.87. The molecule has 0 bridgehead atoms. The second kappa shape index (κ2) is 4.72. The van der Waals surface area contributed by atoms with E-state index >= 15 is 0 Å². The van der Waals surface area contributed by atoms with Crippen molar-refractivity contribution in [2.45, 2.75) is 38.8 Å². The normalized spacial score (nSPS) is 26.0. The molecule has 0 saturated heterocycles. The Labute approximate surface area is 88.9 Å². The van der Waals surface area contributed by atoms with Gasteiger partial charge in [-0.05, 0) is 31.7 Å². The predicted octanol–water partition coefficient (Wildman–Crippen LogP) is 0.629. The third kappa shape index (κ3) is 3.00. The highest BCUT2D eigenvalue weighted by Crippen LogP contribution is 2.24. The number of nitrogens with zero attached hydrogens (tertiary/aromatic N) is 2. The summed E-state index contributed by atoms with van der Waals surface area (Å²) in [5.74, 6) is 1.89. The van der Waals surface area contributed by atoms with E-state index in [-0.39, 0.29) is 6.10 Å². The van der Waals surface area contributed by atoms with Gasteiger partial charge in [0.25, 0.3) is 0 Å². The summed E-state index contributed by atoms with van der Waals surface area (Å²) in [4.78, 5) is 4.10. The van der Waals surface area contributed by atoms with Gasteiger partial charge in [0.2, 0.25) is 5.89 Å². The van der Waals surface area contributed by atoms with Crippen molar-refractivity contribution in [2.75, 3.05) is 6.54 Å². The molecule has 0 amide bonds. The van der Waals surface area contributed by atoms with Gasteiger partial charge >= 0.3 is 0 Å². The molecule has 0 aromatic carbocycles. The van der Waals surface area contributed by atoms with Crippen LogP contribution in [0, 0.1) is 12.8 Å². The molecule has 1 saturated carbocycles. The second-order valence-corrected chi connectivity index (χ2v) is 4.19. The van der Waals surface area contributed by atoms with E-state index in [0.717, 1.165) is 25.8 Å². The number of aliphatic hydroxyl groups excluding tert-OH is 1. The molecule has 2 rings (SSSR count). The van der Waals surface area contributed by atoms with Crippen molar-refractivity contribution in [2.24, 2.45) is 5.92 Å². The Morgan fingerprint density at radius 2 is 2.40 bits per heavy atom. The standard InChI is InChI=1S/C10H17N3O2/c1-7-12-10(13-15-7)6-11-5-8-2-3-9(14)4-8/h8-9,11,14H,2-6H2,1H3. The summed E-state index contributed by atoms with van der Waals surface area (Å²) < 4.78 is 4.86. The summed E-state index contributed by atoms with van der Waals surface area (Å²) >= 11 is 0. The number of hydrogen-bond acceptors (Lipinski definition) is 5. The maximum atomic E-state index is 9.35. The van der Waals surface area contributed by atoms with E-state index in [1.165, 1.54) is 0 Å². The maximum absolute atomic E-state index is 9.35. The van der Waals surface area contributed by atoms with Crippen molar-refractivity contribution in [3.8, 4) is 0 Å². The first-order valence-electron chi connectivity index (χ1n) is 5.42. The van der Waals surface area contributed by atoms with Crippen LogP contribution in [0.4, 0.5) is 0 Å². The first-order chi connectivity index (χ1) is 7.24. The zero-order valence-electron chi connectivity index (χ0n) is 8.94. The van der Waals surface area contributed by atoms with Crippen LogP contribution in [0.1, 0.15) is 31.0 Å². The summed E-state index contributed by atoms with van der Waals surface area (Å²) in [7, 11) is 0. The van der Waals surface area contributed by atoms with E-state index in [2.05, 4.69) is 15.5 Å². The molecule has 1 aliphatic rings. The van der Waals surface area contributed by atoms with Gasteiger partial charge in [0.15, 0.2) is 5.82 Å². The number of hydrogen-bond donors (Lipinski definition) is 2. The van der Waals surface area contributed by atoms with E-state index < -0.39 is 0 Å². The molecule has 15 heavy (non-hydrogen) atoms. The maximum Gasteiger partial charge on any atom is 0.223 e. The average Bonchev–Trinajstić information content (AvgIpc) is 2.76. The number of aliphatic hydroxyl groups is 1. The molecule has 5 nitrogen and oxygen atoms in total. The van der Waals surface area contributed by atoms with Crippen molar-refractivity contribution in [3.63, 3.8) is 0 Å². The topological polar surface area (TPSA) is 71.2 Å². The van der Waals surface area contributed by atoms with Crippen LogP contribution < -0.4 is 5.32 Å². The Balaban J connectivity index is 1.67. The van der Waals surface area contributed by atoms with Gasteiger partial charge in [0.1, 0.15) is 0 Å². The van der Waals surface area contributed by atoms with Crippen molar-refractivity contribution in [3.05, 3.63) is 11.7 Å². The quantitative estimate of drug-likeness (QED) is 0.764. The van der Waals surface area contributed by atoms with E-state index in [1.807, 2.05) is 0 Å². The molecule has 2 unspecified atom stereocenters. The molecule has 1 aromatic heterocycles. The molecule has 1 aliphatic carbocycles. The van der Waals surface area contributed by atoms with Crippen molar-refractivity contribution in [1.29, 1.82) is 0 Å². The number of aromatic nitrogens is 2. The fraction of sp³-hybridized carbons (Fsp3) is 0.800. The highest BCUT2D eigenvalue weighted by molar-refractivity contribution is 4.84. The zero-order valence-corrected chi connectivity index (χ0v) is 8.94. The molecule has 0 aliphatic heterocycles. The molecular formula is C10H17N3O2. The van der Waals surface area contributed by atoms with Crippen LogP contribution in [0.5, 0.6) is 0 Å². The zero-order chi connectivity index (χ0) is 10.7. The molecular weight excluding hydrogens is 194 g/mol. The van der Waals surface area contributed by atoms with Crippen LogP contribution in [-0.2, 0) is 6.54 Å². The van der Waals surface area contributed by atoms with Gasteiger partial charge in [0, 0.05) is 6.92 Å². The molecule has 2 N–H and O–H groups in total. The second-order valence-electron chi connectivity index (χ2n) is 4.19. The third-order valence-corrected chi connectivity index (χ3v) is 2.80. The fourth-order valence-corrected chi connectivity index (χ4v) is 2.04. The van der Waals surface area contributed by atoms with Gasteiger partial charge in [-0.2, -0.15) is 4.98 Å². The van der Waals surface area contributed by atoms with Crippen molar-refractivity contribution in [1.82, 2.24) is 15.5 Å². The Hall–Kier alpha value is -0.940. The van der Waals surface area contributed by atoms with E-state index in [4.69, 9.17) is 4.52 Å². The summed E-state index contributed by atoms with van der Waals surface area (Å²) in [5, 5.41) is 16.4. The molecule has 0 radical (unpaired) electrons. The van der Waals surface area contributed by atoms with Crippen molar-refractivity contribution >= 4 is 0 Å². The minimum absolute atomic E-state index is 0.0933. The molecule has 1 aromatic rings. The van der Waals surface area contributed by atoms with Crippen LogP contribution in [0.15, 0.2) is 4.52 Å². The average molecular weight is 211 g/mol. The fourth-order valence-electron chi connectivity index (χ4n) is 2.04. The first-order valence-corrected chi connectivity index (χ1v) is 5.42. The molecule has 84 valence electrons. The number of aryl methyl sites for hydroxylation is 1. The number of nitrogens with one attached hydrogen (secondary N) is 1. The summed E-state index contributed by atoms with van der Waals surface area (Å²) in [6.45, 7) is 3.35. The molecule has 2 atom stereocenters. The Morgan fingerprint density at radius 3 is 3.00 bits per heavy atom. The highest BCUT2D eigenvalue weighted by Gasteiger charge is 2.22. The van der Waals surface area contributed by atoms with Gasteiger partial charge < -0.3 is 14.9 Å². The summed E-state index contributed by atoms with van der Waals surface area (Å²) in [6, 6.07) is 0. The lowest BCUT2D eigenvalue weighted by molar-refractivity contribution is 0.177. The smallest absolute Gasteiger partial charge is 0.223 e.